The third kappa shape index (κ3) is 11.3. The van der Waals surface area contributed by atoms with Gasteiger partial charge in [0.15, 0.2) is 5.79 Å². The number of hydrogen-bond acceptors (Lipinski definition) is 5. The van der Waals surface area contributed by atoms with Gasteiger partial charge < -0.3 is 18.9 Å². The summed E-state index contributed by atoms with van der Waals surface area (Å²) >= 11 is 0. The lowest BCUT2D eigenvalue weighted by atomic mass is 10.0. The molecule has 0 unspecified atom stereocenters. The zero-order chi connectivity index (χ0) is 27.5. The van der Waals surface area contributed by atoms with Crippen LogP contribution in [-0.4, -0.2) is 53.0 Å². The van der Waals surface area contributed by atoms with Gasteiger partial charge in [-0.3, -0.25) is 4.90 Å². The molecule has 0 spiro atoms. The molecule has 1 amide bonds. The SMILES string of the molecule is CCCCCCCCCCCCCC/C=C/[C@H]1OC(C)(C)O[C@H]1[C@H]1COC(C)(C)N1C(=O)OC(C)(C)C. The van der Waals surface area contributed by atoms with E-state index in [0.717, 1.165) is 6.42 Å². The van der Waals surface area contributed by atoms with E-state index in [0.29, 0.717) is 6.61 Å². The van der Waals surface area contributed by atoms with Crippen molar-refractivity contribution in [2.75, 3.05) is 6.61 Å². The van der Waals surface area contributed by atoms with Crippen molar-refractivity contribution in [1.29, 1.82) is 0 Å². The van der Waals surface area contributed by atoms with Crippen molar-refractivity contribution in [2.45, 2.75) is 174 Å². The van der Waals surface area contributed by atoms with Crippen LogP contribution >= 0.6 is 0 Å². The molecule has 2 heterocycles. The number of amides is 1. The summed E-state index contributed by atoms with van der Waals surface area (Å²) < 4.78 is 24.3. The van der Waals surface area contributed by atoms with Crippen molar-refractivity contribution in [2.24, 2.45) is 0 Å². The lowest BCUT2D eigenvalue weighted by molar-refractivity contribution is -0.149. The van der Waals surface area contributed by atoms with Crippen LogP contribution in [0.25, 0.3) is 0 Å². The molecule has 0 radical (unpaired) electrons. The Morgan fingerprint density at radius 3 is 1.97 bits per heavy atom. The van der Waals surface area contributed by atoms with Crippen LogP contribution in [0.1, 0.15) is 139 Å². The minimum absolute atomic E-state index is 0.236. The van der Waals surface area contributed by atoms with Gasteiger partial charge in [-0.05, 0) is 61.3 Å². The normalized spacial score (nSPS) is 25.3. The molecule has 2 aliphatic rings. The fraction of sp³-hybridized carbons (Fsp3) is 0.903. The van der Waals surface area contributed by atoms with Crippen LogP contribution in [0.15, 0.2) is 12.2 Å². The number of allylic oxidation sites excluding steroid dienone is 1. The fourth-order valence-corrected chi connectivity index (χ4v) is 5.34. The van der Waals surface area contributed by atoms with Gasteiger partial charge in [0.05, 0.1) is 12.6 Å². The molecule has 2 saturated heterocycles. The average Bonchev–Trinajstić information content (AvgIpc) is 3.27. The average molecular weight is 524 g/mol. The summed E-state index contributed by atoms with van der Waals surface area (Å²) in [5.41, 5.74) is -1.35. The number of unbranched alkanes of at least 4 members (excludes halogenated alkanes) is 12. The Morgan fingerprint density at radius 1 is 0.892 bits per heavy atom. The molecule has 0 aromatic rings. The van der Waals surface area contributed by atoms with E-state index >= 15 is 0 Å². The van der Waals surface area contributed by atoms with Crippen molar-refractivity contribution >= 4 is 6.09 Å². The summed E-state index contributed by atoms with van der Waals surface area (Å²) in [7, 11) is 0. The molecule has 0 bridgehead atoms. The van der Waals surface area contributed by atoms with Crippen molar-refractivity contribution in [3.8, 4) is 0 Å². The summed E-state index contributed by atoms with van der Waals surface area (Å²) in [6, 6.07) is -0.284. The van der Waals surface area contributed by atoms with Crippen LogP contribution in [0.5, 0.6) is 0 Å². The quantitative estimate of drug-likeness (QED) is 0.159. The van der Waals surface area contributed by atoms with Crippen LogP contribution in [0.3, 0.4) is 0 Å². The zero-order valence-electron chi connectivity index (χ0n) is 25.3. The summed E-state index contributed by atoms with van der Waals surface area (Å²) in [5.74, 6) is -0.720. The van der Waals surface area contributed by atoms with Crippen LogP contribution in [0, 0.1) is 0 Å². The van der Waals surface area contributed by atoms with Gasteiger partial charge in [-0.1, -0.05) is 89.7 Å². The first-order chi connectivity index (χ1) is 17.4. The Balaban J connectivity index is 1.78. The number of nitrogens with zero attached hydrogens (tertiary/aromatic N) is 1. The van der Waals surface area contributed by atoms with Crippen molar-refractivity contribution in [3.63, 3.8) is 0 Å². The summed E-state index contributed by atoms with van der Waals surface area (Å²) in [6.07, 6.45) is 20.7. The van der Waals surface area contributed by atoms with Crippen LogP contribution in [0.4, 0.5) is 4.79 Å². The lowest BCUT2D eigenvalue weighted by Crippen LogP contribution is -2.55. The Labute approximate surface area is 227 Å². The van der Waals surface area contributed by atoms with E-state index < -0.39 is 17.1 Å². The standard InChI is InChI=1S/C31H57NO5/c1-9-10-11-12-13-14-15-16-17-18-19-20-21-22-23-26-27(36-31(7,8)35-26)25-24-34-30(5,6)32(25)28(33)37-29(2,3)4/h22-23,25-27H,9-21,24H2,1-8H3/b23-22+/t25-,26-,27+/m1/s1. The molecule has 216 valence electrons. The molecule has 2 rings (SSSR count). The van der Waals surface area contributed by atoms with Crippen molar-refractivity contribution in [3.05, 3.63) is 12.2 Å². The van der Waals surface area contributed by atoms with Crippen LogP contribution in [-0.2, 0) is 18.9 Å². The maximum absolute atomic E-state index is 13.1. The predicted octanol–water partition coefficient (Wildman–Crippen LogP) is 8.53. The topological polar surface area (TPSA) is 57.2 Å². The van der Waals surface area contributed by atoms with E-state index in [1.807, 2.05) is 48.5 Å². The van der Waals surface area contributed by atoms with Gasteiger partial charge in [0.25, 0.3) is 0 Å². The van der Waals surface area contributed by atoms with E-state index in [-0.39, 0.29) is 24.3 Å². The second-order valence-corrected chi connectivity index (χ2v) is 12.8. The molecule has 0 N–H and O–H groups in total. The van der Waals surface area contributed by atoms with Gasteiger partial charge in [-0.2, -0.15) is 0 Å². The molecule has 0 aromatic carbocycles. The minimum Gasteiger partial charge on any atom is -0.444 e. The highest BCUT2D eigenvalue weighted by molar-refractivity contribution is 5.70. The Hall–Kier alpha value is -1.11. The van der Waals surface area contributed by atoms with Crippen LogP contribution < -0.4 is 0 Å². The number of ether oxygens (including phenoxy) is 4. The Kier molecular flexibility index (Phi) is 12.9. The van der Waals surface area contributed by atoms with Gasteiger partial charge in [0.1, 0.15) is 23.5 Å². The maximum atomic E-state index is 13.1. The lowest BCUT2D eigenvalue weighted by Gasteiger charge is -2.37. The second-order valence-electron chi connectivity index (χ2n) is 12.8. The molecule has 0 saturated carbocycles. The van der Waals surface area contributed by atoms with Gasteiger partial charge in [-0.15, -0.1) is 0 Å². The van der Waals surface area contributed by atoms with E-state index in [9.17, 15) is 4.79 Å². The number of rotatable bonds is 15. The zero-order valence-corrected chi connectivity index (χ0v) is 25.3. The number of hydrogen-bond donors (Lipinski definition) is 0. The smallest absolute Gasteiger partial charge is 0.412 e. The Morgan fingerprint density at radius 2 is 1.43 bits per heavy atom. The van der Waals surface area contributed by atoms with Crippen molar-refractivity contribution in [1.82, 2.24) is 4.90 Å². The molecule has 6 nitrogen and oxygen atoms in total. The molecule has 3 atom stereocenters. The monoisotopic (exact) mass is 523 g/mol. The minimum atomic E-state index is -0.771. The van der Waals surface area contributed by atoms with Gasteiger partial charge >= 0.3 is 6.09 Å². The Bertz CT molecular complexity index is 696. The molecule has 37 heavy (non-hydrogen) atoms. The third-order valence-corrected chi connectivity index (χ3v) is 7.20. The van der Waals surface area contributed by atoms with E-state index in [4.69, 9.17) is 18.9 Å². The van der Waals surface area contributed by atoms with Gasteiger partial charge in [-0.25, -0.2) is 4.79 Å². The highest BCUT2D eigenvalue weighted by atomic mass is 16.8. The second kappa shape index (κ2) is 14.9. The van der Waals surface area contributed by atoms with Crippen LogP contribution in [0.2, 0.25) is 0 Å². The third-order valence-electron chi connectivity index (χ3n) is 7.20. The first kappa shape index (κ1) is 32.1. The highest BCUT2D eigenvalue weighted by Gasteiger charge is 2.54. The maximum Gasteiger partial charge on any atom is 0.412 e. The van der Waals surface area contributed by atoms with Crippen molar-refractivity contribution < 1.29 is 23.7 Å². The molecule has 0 aromatic heterocycles. The number of carbonyl (C=O) groups excluding carboxylic acids is 1. The number of carbonyl (C=O) groups is 1. The highest BCUT2D eigenvalue weighted by Crippen LogP contribution is 2.38. The fourth-order valence-electron chi connectivity index (χ4n) is 5.34. The molecular weight excluding hydrogens is 466 g/mol. The van der Waals surface area contributed by atoms with E-state index in [1.54, 1.807) is 4.90 Å². The first-order valence-electron chi connectivity index (χ1n) is 15.0. The molecule has 6 heteroatoms. The van der Waals surface area contributed by atoms with Gasteiger partial charge in [0, 0.05) is 0 Å². The molecule has 2 fully saturated rings. The molecular formula is C31H57NO5. The molecule has 0 aliphatic carbocycles. The summed E-state index contributed by atoms with van der Waals surface area (Å²) in [5, 5.41) is 0. The van der Waals surface area contributed by atoms with Gasteiger partial charge in [0.2, 0.25) is 0 Å². The summed E-state index contributed by atoms with van der Waals surface area (Å²) in [6.45, 7) is 16.0. The first-order valence-corrected chi connectivity index (χ1v) is 15.0. The summed E-state index contributed by atoms with van der Waals surface area (Å²) in [4.78, 5) is 14.8. The predicted molar refractivity (Wildman–Crippen MR) is 151 cm³/mol. The largest absolute Gasteiger partial charge is 0.444 e. The molecule has 2 aliphatic heterocycles. The van der Waals surface area contributed by atoms with E-state index in [1.165, 1.54) is 77.0 Å². The van der Waals surface area contributed by atoms with E-state index in [2.05, 4.69) is 19.1 Å².